The highest BCUT2D eigenvalue weighted by molar-refractivity contribution is 6.00. The zero-order valence-corrected chi connectivity index (χ0v) is 12.4. The Kier molecular flexibility index (Phi) is 4.88. The molecule has 0 heterocycles. The largest absolute Gasteiger partial charge is 0.343 e. The number of rotatable bonds is 4. The van der Waals surface area contributed by atoms with E-state index in [2.05, 4.69) is 10.6 Å². The Balaban J connectivity index is 1.93. The molecule has 0 aliphatic carbocycles. The molecule has 0 aliphatic heterocycles. The standard InChI is InChI=1S/C17H17FN2O2/c1-11-5-3-4-6-14(11)17(22)19-10-16(21)20-15-8-7-13(18)9-12(15)2/h3-9H,10H2,1-2H3,(H,19,22)(H,20,21). The van der Waals surface area contributed by atoms with E-state index in [0.29, 0.717) is 16.8 Å². The van der Waals surface area contributed by atoms with E-state index in [1.54, 1.807) is 19.1 Å². The van der Waals surface area contributed by atoms with Crippen LogP contribution < -0.4 is 10.6 Å². The maximum absolute atomic E-state index is 13.0. The molecule has 0 spiro atoms. The SMILES string of the molecule is Cc1cc(F)ccc1NC(=O)CNC(=O)c1ccccc1C. The molecule has 0 saturated carbocycles. The third-order valence-corrected chi connectivity index (χ3v) is 3.26. The molecule has 2 amide bonds. The van der Waals surface area contributed by atoms with Gasteiger partial charge in [0.15, 0.2) is 0 Å². The summed E-state index contributed by atoms with van der Waals surface area (Å²) in [6, 6.07) is 11.2. The van der Waals surface area contributed by atoms with Crippen LogP contribution in [0.25, 0.3) is 0 Å². The fraction of sp³-hybridized carbons (Fsp3) is 0.176. The molecular weight excluding hydrogens is 283 g/mol. The van der Waals surface area contributed by atoms with Crippen LogP contribution >= 0.6 is 0 Å². The summed E-state index contributed by atoms with van der Waals surface area (Å²) in [6.07, 6.45) is 0. The topological polar surface area (TPSA) is 58.2 Å². The molecule has 2 N–H and O–H groups in total. The number of halogens is 1. The number of amides is 2. The Morgan fingerprint density at radius 1 is 1.05 bits per heavy atom. The van der Waals surface area contributed by atoms with Gasteiger partial charge in [-0.2, -0.15) is 0 Å². The number of aryl methyl sites for hydroxylation is 2. The number of benzene rings is 2. The van der Waals surface area contributed by atoms with Gasteiger partial charge in [-0.05, 0) is 49.2 Å². The van der Waals surface area contributed by atoms with Crippen molar-refractivity contribution in [3.63, 3.8) is 0 Å². The van der Waals surface area contributed by atoms with Crippen molar-refractivity contribution in [2.75, 3.05) is 11.9 Å². The molecule has 0 saturated heterocycles. The lowest BCUT2D eigenvalue weighted by Crippen LogP contribution is -2.33. The second-order valence-corrected chi connectivity index (χ2v) is 5.01. The van der Waals surface area contributed by atoms with E-state index in [1.165, 1.54) is 18.2 Å². The van der Waals surface area contributed by atoms with Crippen LogP contribution in [0.15, 0.2) is 42.5 Å². The minimum Gasteiger partial charge on any atom is -0.343 e. The van der Waals surface area contributed by atoms with Gasteiger partial charge < -0.3 is 10.6 Å². The normalized spacial score (nSPS) is 10.1. The predicted molar refractivity (Wildman–Crippen MR) is 83.3 cm³/mol. The predicted octanol–water partition coefficient (Wildman–Crippen LogP) is 2.81. The zero-order chi connectivity index (χ0) is 16.1. The van der Waals surface area contributed by atoms with Crippen molar-refractivity contribution >= 4 is 17.5 Å². The molecule has 2 aromatic rings. The average molecular weight is 300 g/mol. The minimum absolute atomic E-state index is 0.149. The van der Waals surface area contributed by atoms with Crippen LogP contribution in [0.5, 0.6) is 0 Å². The average Bonchev–Trinajstić information content (AvgIpc) is 2.48. The minimum atomic E-state index is -0.364. The van der Waals surface area contributed by atoms with Crippen LogP contribution in [0, 0.1) is 19.7 Å². The van der Waals surface area contributed by atoms with Crippen molar-refractivity contribution in [3.8, 4) is 0 Å². The summed E-state index contributed by atoms with van der Waals surface area (Å²) in [6.45, 7) is 3.38. The maximum Gasteiger partial charge on any atom is 0.251 e. The Hall–Kier alpha value is -2.69. The summed E-state index contributed by atoms with van der Waals surface area (Å²) in [5.74, 6) is -1.02. The summed E-state index contributed by atoms with van der Waals surface area (Å²) >= 11 is 0. The number of anilines is 1. The molecule has 4 nitrogen and oxygen atoms in total. The summed E-state index contributed by atoms with van der Waals surface area (Å²) in [5, 5.41) is 5.20. The van der Waals surface area contributed by atoms with Gasteiger partial charge >= 0.3 is 0 Å². The Labute approximate surface area is 128 Å². The lowest BCUT2D eigenvalue weighted by Gasteiger charge is -2.10. The van der Waals surface area contributed by atoms with Gasteiger partial charge in [0.05, 0.1) is 6.54 Å². The van der Waals surface area contributed by atoms with Gasteiger partial charge in [0, 0.05) is 11.3 Å². The molecule has 22 heavy (non-hydrogen) atoms. The van der Waals surface area contributed by atoms with Gasteiger partial charge in [-0.15, -0.1) is 0 Å². The van der Waals surface area contributed by atoms with Crippen LogP contribution in [0.4, 0.5) is 10.1 Å². The molecular formula is C17H17FN2O2. The van der Waals surface area contributed by atoms with E-state index >= 15 is 0 Å². The third-order valence-electron chi connectivity index (χ3n) is 3.26. The lowest BCUT2D eigenvalue weighted by atomic mass is 10.1. The molecule has 0 aliphatic rings. The molecule has 0 radical (unpaired) electrons. The van der Waals surface area contributed by atoms with Crippen molar-refractivity contribution in [1.29, 1.82) is 0 Å². The summed E-state index contributed by atoms with van der Waals surface area (Å²) < 4.78 is 13.0. The Bertz CT molecular complexity index is 714. The van der Waals surface area contributed by atoms with Crippen LogP contribution in [0.3, 0.4) is 0 Å². The quantitative estimate of drug-likeness (QED) is 0.912. The van der Waals surface area contributed by atoms with E-state index in [4.69, 9.17) is 0 Å². The third kappa shape index (κ3) is 3.91. The first-order valence-electron chi connectivity index (χ1n) is 6.87. The fourth-order valence-corrected chi connectivity index (χ4v) is 2.05. The zero-order valence-electron chi connectivity index (χ0n) is 12.4. The number of hydrogen-bond donors (Lipinski definition) is 2. The highest BCUT2D eigenvalue weighted by Gasteiger charge is 2.10. The van der Waals surface area contributed by atoms with E-state index < -0.39 is 0 Å². The number of nitrogens with one attached hydrogen (secondary N) is 2. The molecule has 2 aromatic carbocycles. The van der Waals surface area contributed by atoms with Gasteiger partial charge in [-0.3, -0.25) is 9.59 Å². The maximum atomic E-state index is 13.0. The Morgan fingerprint density at radius 3 is 2.45 bits per heavy atom. The van der Waals surface area contributed by atoms with E-state index in [1.807, 2.05) is 19.1 Å². The van der Waals surface area contributed by atoms with Crippen molar-refractivity contribution in [2.24, 2.45) is 0 Å². The van der Waals surface area contributed by atoms with E-state index in [-0.39, 0.29) is 24.2 Å². The molecule has 0 atom stereocenters. The molecule has 114 valence electrons. The molecule has 0 aromatic heterocycles. The number of hydrogen-bond acceptors (Lipinski definition) is 2. The van der Waals surface area contributed by atoms with Crippen LogP contribution in [0.1, 0.15) is 21.5 Å². The smallest absolute Gasteiger partial charge is 0.251 e. The van der Waals surface area contributed by atoms with Crippen LogP contribution in [-0.4, -0.2) is 18.4 Å². The highest BCUT2D eigenvalue weighted by atomic mass is 19.1. The van der Waals surface area contributed by atoms with Gasteiger partial charge in [0.1, 0.15) is 5.82 Å². The Morgan fingerprint density at radius 2 is 1.77 bits per heavy atom. The molecule has 0 fully saturated rings. The molecule has 0 unspecified atom stereocenters. The van der Waals surface area contributed by atoms with Crippen LogP contribution in [0.2, 0.25) is 0 Å². The van der Waals surface area contributed by atoms with Gasteiger partial charge in [-0.25, -0.2) is 4.39 Å². The first-order valence-corrected chi connectivity index (χ1v) is 6.87. The highest BCUT2D eigenvalue weighted by Crippen LogP contribution is 2.15. The number of carbonyl (C=O) groups excluding carboxylic acids is 2. The first-order chi connectivity index (χ1) is 10.5. The summed E-state index contributed by atoms with van der Waals surface area (Å²) in [4.78, 5) is 23.8. The van der Waals surface area contributed by atoms with Crippen molar-refractivity contribution in [2.45, 2.75) is 13.8 Å². The number of carbonyl (C=O) groups is 2. The summed E-state index contributed by atoms with van der Waals surface area (Å²) in [5.41, 5.74) is 2.53. The molecule has 0 bridgehead atoms. The molecule has 5 heteroatoms. The summed E-state index contributed by atoms with van der Waals surface area (Å²) in [7, 11) is 0. The van der Waals surface area contributed by atoms with Crippen LogP contribution in [-0.2, 0) is 4.79 Å². The first kappa shape index (κ1) is 15.7. The second-order valence-electron chi connectivity index (χ2n) is 5.01. The van der Waals surface area contributed by atoms with Crippen molar-refractivity contribution in [3.05, 3.63) is 65.0 Å². The van der Waals surface area contributed by atoms with Crippen molar-refractivity contribution in [1.82, 2.24) is 5.32 Å². The molecule has 2 rings (SSSR count). The van der Waals surface area contributed by atoms with E-state index in [0.717, 1.165) is 5.56 Å². The van der Waals surface area contributed by atoms with E-state index in [9.17, 15) is 14.0 Å². The lowest BCUT2D eigenvalue weighted by molar-refractivity contribution is -0.115. The monoisotopic (exact) mass is 300 g/mol. The van der Waals surface area contributed by atoms with Gasteiger partial charge in [0.2, 0.25) is 5.91 Å². The van der Waals surface area contributed by atoms with Crippen molar-refractivity contribution < 1.29 is 14.0 Å². The van der Waals surface area contributed by atoms with Gasteiger partial charge in [0.25, 0.3) is 5.91 Å². The second kappa shape index (κ2) is 6.85. The van der Waals surface area contributed by atoms with Gasteiger partial charge in [-0.1, -0.05) is 18.2 Å². The fourth-order valence-electron chi connectivity index (χ4n) is 2.05.